The molecule has 3 nitrogen and oxygen atoms in total. The van der Waals surface area contributed by atoms with E-state index in [0.717, 1.165) is 5.56 Å². The summed E-state index contributed by atoms with van der Waals surface area (Å²) in [6.45, 7) is -2.84. The first kappa shape index (κ1) is 12.1. The van der Waals surface area contributed by atoms with Gasteiger partial charge in [0.1, 0.15) is 5.75 Å². The molecule has 0 bridgehead atoms. The molecule has 0 fully saturated rings. The standard InChI is InChI=1S/C9H10F2O3S/c10-9(11)14-8-3-1-7(2-4-8)5-6-15(12)13/h1-4,9H,5-6H2,(H,12,13)/p-1. The van der Waals surface area contributed by atoms with Crippen LogP contribution in [0.15, 0.2) is 24.3 Å². The van der Waals surface area contributed by atoms with Crippen LogP contribution < -0.4 is 4.74 Å². The number of ether oxygens (including phenoxy) is 1. The molecule has 1 unspecified atom stereocenters. The summed E-state index contributed by atoms with van der Waals surface area (Å²) in [5.41, 5.74) is 0.765. The van der Waals surface area contributed by atoms with Crippen molar-refractivity contribution < 1.29 is 22.3 Å². The topological polar surface area (TPSA) is 49.4 Å². The number of benzene rings is 1. The van der Waals surface area contributed by atoms with Gasteiger partial charge in [0.25, 0.3) is 0 Å². The summed E-state index contributed by atoms with van der Waals surface area (Å²) in [5.74, 6) is 0.0895. The second-order valence-corrected chi connectivity index (χ2v) is 3.80. The van der Waals surface area contributed by atoms with E-state index >= 15 is 0 Å². The van der Waals surface area contributed by atoms with E-state index in [2.05, 4.69) is 4.74 Å². The number of alkyl halides is 2. The van der Waals surface area contributed by atoms with Gasteiger partial charge in [-0.3, -0.25) is 4.21 Å². The first-order valence-electron chi connectivity index (χ1n) is 4.17. The smallest absolute Gasteiger partial charge is 0.387 e. The lowest BCUT2D eigenvalue weighted by Crippen LogP contribution is -2.02. The summed E-state index contributed by atoms with van der Waals surface area (Å²) in [6.07, 6.45) is 0.366. The molecule has 1 atom stereocenters. The summed E-state index contributed by atoms with van der Waals surface area (Å²) in [5, 5.41) is 0. The lowest BCUT2D eigenvalue weighted by Gasteiger charge is -2.06. The van der Waals surface area contributed by atoms with Gasteiger partial charge in [0.05, 0.1) is 0 Å². The van der Waals surface area contributed by atoms with Crippen LogP contribution in [0, 0.1) is 0 Å². The van der Waals surface area contributed by atoms with Crippen LogP contribution in [-0.2, 0) is 17.5 Å². The zero-order valence-corrected chi connectivity index (χ0v) is 8.51. The third-order valence-electron chi connectivity index (χ3n) is 1.71. The fourth-order valence-corrected chi connectivity index (χ4v) is 1.44. The Kier molecular flexibility index (Phi) is 4.64. The molecule has 15 heavy (non-hydrogen) atoms. The Labute approximate surface area is 88.3 Å². The van der Waals surface area contributed by atoms with Crippen LogP contribution in [0.4, 0.5) is 8.78 Å². The molecule has 84 valence electrons. The van der Waals surface area contributed by atoms with Crippen molar-refractivity contribution in [2.75, 3.05) is 5.75 Å². The minimum Gasteiger partial charge on any atom is -0.772 e. The Bertz CT molecular complexity index is 327. The molecule has 0 heterocycles. The average Bonchev–Trinajstić information content (AvgIpc) is 2.16. The second kappa shape index (κ2) is 5.77. The molecular formula is C9H9F2O3S-. The maximum atomic E-state index is 11.8. The van der Waals surface area contributed by atoms with Gasteiger partial charge in [-0.25, -0.2) is 0 Å². The molecule has 0 aliphatic rings. The van der Waals surface area contributed by atoms with Crippen LogP contribution in [0.3, 0.4) is 0 Å². The van der Waals surface area contributed by atoms with E-state index < -0.39 is 17.7 Å². The van der Waals surface area contributed by atoms with Gasteiger partial charge in [0.15, 0.2) is 0 Å². The molecule has 0 aliphatic heterocycles. The fourth-order valence-electron chi connectivity index (χ4n) is 1.04. The molecule has 0 amide bonds. The van der Waals surface area contributed by atoms with Crippen molar-refractivity contribution in [3.05, 3.63) is 29.8 Å². The molecular weight excluding hydrogens is 226 g/mol. The highest BCUT2D eigenvalue weighted by molar-refractivity contribution is 7.79. The number of hydrogen-bond donors (Lipinski definition) is 0. The largest absolute Gasteiger partial charge is 0.772 e. The number of halogens is 2. The predicted octanol–water partition coefficient (Wildman–Crippen LogP) is 1.71. The Morgan fingerprint density at radius 3 is 2.40 bits per heavy atom. The van der Waals surface area contributed by atoms with Crippen LogP contribution in [0.5, 0.6) is 5.75 Å². The molecule has 0 saturated carbocycles. The highest BCUT2D eigenvalue weighted by atomic mass is 32.2. The molecule has 1 aromatic carbocycles. The molecule has 0 aliphatic carbocycles. The summed E-state index contributed by atoms with van der Waals surface area (Å²) in [4.78, 5) is 0. The third-order valence-corrected chi connectivity index (χ3v) is 2.24. The van der Waals surface area contributed by atoms with Crippen LogP contribution in [-0.4, -0.2) is 21.1 Å². The van der Waals surface area contributed by atoms with Crippen molar-refractivity contribution in [1.29, 1.82) is 0 Å². The van der Waals surface area contributed by atoms with Crippen molar-refractivity contribution in [2.45, 2.75) is 13.0 Å². The van der Waals surface area contributed by atoms with Gasteiger partial charge in [0, 0.05) is 5.75 Å². The summed E-state index contributed by atoms with van der Waals surface area (Å²) >= 11 is -2.08. The van der Waals surface area contributed by atoms with Gasteiger partial charge in [-0.2, -0.15) is 8.78 Å². The molecule has 6 heteroatoms. The average molecular weight is 235 g/mol. The van der Waals surface area contributed by atoms with E-state index in [9.17, 15) is 17.5 Å². The van der Waals surface area contributed by atoms with Crippen molar-refractivity contribution >= 4 is 11.1 Å². The SMILES string of the molecule is O=S([O-])CCc1ccc(OC(F)F)cc1. The quantitative estimate of drug-likeness (QED) is 0.730. The predicted molar refractivity (Wildman–Crippen MR) is 50.6 cm³/mol. The van der Waals surface area contributed by atoms with Gasteiger partial charge in [-0.15, -0.1) is 0 Å². The monoisotopic (exact) mass is 235 g/mol. The molecule has 0 radical (unpaired) electrons. The third kappa shape index (κ3) is 4.85. The molecule has 0 aromatic heterocycles. The van der Waals surface area contributed by atoms with Crippen LogP contribution in [0.2, 0.25) is 0 Å². The highest BCUT2D eigenvalue weighted by Crippen LogP contribution is 2.15. The Balaban J connectivity index is 2.52. The number of hydrogen-bond acceptors (Lipinski definition) is 3. The molecule has 0 saturated heterocycles. The van der Waals surface area contributed by atoms with Crippen molar-refractivity contribution in [3.63, 3.8) is 0 Å². The van der Waals surface area contributed by atoms with Crippen molar-refractivity contribution in [3.8, 4) is 5.75 Å². The normalized spacial score (nSPS) is 12.8. The zero-order valence-electron chi connectivity index (χ0n) is 7.69. The second-order valence-electron chi connectivity index (χ2n) is 2.78. The first-order valence-corrected chi connectivity index (χ1v) is 5.42. The van der Waals surface area contributed by atoms with E-state index in [1.54, 1.807) is 12.1 Å². The minimum absolute atomic E-state index is 0.0229. The van der Waals surface area contributed by atoms with Crippen LogP contribution in [0.1, 0.15) is 5.56 Å². The summed E-state index contributed by atoms with van der Waals surface area (Å²) in [7, 11) is 0. The Hall–Kier alpha value is -1.01. The lowest BCUT2D eigenvalue weighted by atomic mass is 10.2. The Morgan fingerprint density at radius 1 is 1.33 bits per heavy atom. The van der Waals surface area contributed by atoms with Gasteiger partial charge in [0.2, 0.25) is 0 Å². The maximum Gasteiger partial charge on any atom is 0.387 e. The summed E-state index contributed by atoms with van der Waals surface area (Å²) < 4.78 is 48.2. The molecule has 1 aromatic rings. The summed E-state index contributed by atoms with van der Waals surface area (Å²) in [6, 6.07) is 5.89. The maximum absolute atomic E-state index is 11.8. The number of aryl methyl sites for hydroxylation is 1. The van der Waals surface area contributed by atoms with E-state index in [-0.39, 0.29) is 11.5 Å². The van der Waals surface area contributed by atoms with E-state index in [4.69, 9.17) is 0 Å². The van der Waals surface area contributed by atoms with Crippen molar-refractivity contribution in [1.82, 2.24) is 0 Å². The molecule has 0 spiro atoms. The first-order chi connectivity index (χ1) is 7.08. The lowest BCUT2D eigenvalue weighted by molar-refractivity contribution is -0.0498. The molecule has 1 rings (SSSR count). The van der Waals surface area contributed by atoms with E-state index in [1.165, 1.54) is 12.1 Å². The van der Waals surface area contributed by atoms with Gasteiger partial charge in [-0.05, 0) is 24.1 Å². The van der Waals surface area contributed by atoms with Crippen molar-refractivity contribution in [2.24, 2.45) is 0 Å². The fraction of sp³-hybridized carbons (Fsp3) is 0.333. The van der Waals surface area contributed by atoms with Crippen LogP contribution in [0.25, 0.3) is 0 Å². The Morgan fingerprint density at radius 2 is 1.93 bits per heavy atom. The van der Waals surface area contributed by atoms with Gasteiger partial charge in [-0.1, -0.05) is 23.2 Å². The van der Waals surface area contributed by atoms with E-state index in [1.807, 2.05) is 0 Å². The molecule has 0 N–H and O–H groups in total. The van der Waals surface area contributed by atoms with Gasteiger partial charge < -0.3 is 9.29 Å². The van der Waals surface area contributed by atoms with E-state index in [0.29, 0.717) is 6.42 Å². The van der Waals surface area contributed by atoms with Crippen LogP contribution >= 0.6 is 0 Å². The highest BCUT2D eigenvalue weighted by Gasteiger charge is 2.03. The minimum atomic E-state index is -2.84. The van der Waals surface area contributed by atoms with Gasteiger partial charge >= 0.3 is 6.61 Å². The zero-order chi connectivity index (χ0) is 11.3. The number of rotatable bonds is 5.